The molecule has 0 aliphatic heterocycles. The fourth-order valence-corrected chi connectivity index (χ4v) is 2.13. The molecule has 0 aliphatic rings. The van der Waals surface area contributed by atoms with Crippen molar-refractivity contribution in [1.29, 1.82) is 0 Å². The number of aromatic nitrogens is 3. The summed E-state index contributed by atoms with van der Waals surface area (Å²) in [5, 5.41) is 9.64. The van der Waals surface area contributed by atoms with Crippen LogP contribution in [0.1, 0.15) is 27.8 Å². The number of rotatable bonds is 3. The summed E-state index contributed by atoms with van der Waals surface area (Å²) < 4.78 is 0. The molecule has 2 N–H and O–H groups in total. The third kappa shape index (κ3) is 2.27. The van der Waals surface area contributed by atoms with Gasteiger partial charge in [-0.05, 0) is 18.2 Å². The van der Waals surface area contributed by atoms with E-state index in [0.29, 0.717) is 17.0 Å². The van der Waals surface area contributed by atoms with Gasteiger partial charge >= 0.3 is 5.97 Å². The maximum atomic E-state index is 11.4. The van der Waals surface area contributed by atoms with E-state index in [1.807, 2.05) is 0 Å². The van der Waals surface area contributed by atoms with Crippen molar-refractivity contribution >= 4 is 22.8 Å². The molecule has 3 aromatic rings. The molecule has 0 saturated carbocycles. The minimum atomic E-state index is -0.977. The van der Waals surface area contributed by atoms with Crippen LogP contribution in [0.25, 0.3) is 22.3 Å². The van der Waals surface area contributed by atoms with E-state index >= 15 is 0 Å². The molecule has 0 spiro atoms. The molecule has 0 unspecified atom stereocenters. The van der Waals surface area contributed by atoms with Crippen LogP contribution in [0.3, 0.4) is 0 Å². The van der Waals surface area contributed by atoms with Crippen molar-refractivity contribution in [3.05, 3.63) is 47.9 Å². The van der Waals surface area contributed by atoms with Crippen LogP contribution in [0, 0.1) is 0 Å². The Hall–Kier alpha value is -3.02. The molecule has 0 radical (unpaired) electrons. The van der Waals surface area contributed by atoms with E-state index in [1.54, 1.807) is 18.2 Å². The summed E-state index contributed by atoms with van der Waals surface area (Å²) in [7, 11) is 0. The Labute approximate surface area is 119 Å². The molecule has 21 heavy (non-hydrogen) atoms. The summed E-state index contributed by atoms with van der Waals surface area (Å²) in [6.07, 6.45) is 1.41. The molecule has 0 atom stereocenters. The topological polar surface area (TPSA) is 95.9 Å². The highest BCUT2D eigenvalue weighted by molar-refractivity contribution is 6.00. The standard InChI is InChI=1S/C15H11N3O3/c1-8(19)12-6-11-13(16-7-17-14(11)18-12)9-2-4-10(5-3-9)15(20)21/h2-7H,1H3,(H,20,21)(H,16,17,18). The highest BCUT2D eigenvalue weighted by Crippen LogP contribution is 2.26. The quantitative estimate of drug-likeness (QED) is 0.719. The first-order valence-corrected chi connectivity index (χ1v) is 6.24. The lowest BCUT2D eigenvalue weighted by atomic mass is 10.1. The fourth-order valence-electron chi connectivity index (χ4n) is 2.13. The number of benzene rings is 1. The molecule has 2 heterocycles. The first-order chi connectivity index (χ1) is 10.1. The molecule has 0 aliphatic carbocycles. The summed E-state index contributed by atoms with van der Waals surface area (Å²) in [4.78, 5) is 33.6. The highest BCUT2D eigenvalue weighted by Gasteiger charge is 2.12. The van der Waals surface area contributed by atoms with E-state index in [4.69, 9.17) is 5.11 Å². The molecular weight excluding hydrogens is 270 g/mol. The van der Waals surface area contributed by atoms with Crippen LogP contribution in [0.5, 0.6) is 0 Å². The lowest BCUT2D eigenvalue weighted by Crippen LogP contribution is -1.95. The minimum Gasteiger partial charge on any atom is -0.478 e. The van der Waals surface area contributed by atoms with Crippen LogP contribution in [-0.2, 0) is 0 Å². The Bertz CT molecular complexity index is 850. The molecule has 1 aromatic carbocycles. The number of fused-ring (bicyclic) bond motifs is 1. The number of H-pyrrole nitrogens is 1. The van der Waals surface area contributed by atoms with Crippen molar-refractivity contribution in [2.45, 2.75) is 6.92 Å². The smallest absolute Gasteiger partial charge is 0.335 e. The normalized spacial score (nSPS) is 10.7. The number of Topliss-reactive ketones (excluding diaryl/α,β-unsaturated/α-hetero) is 1. The summed E-state index contributed by atoms with van der Waals surface area (Å²) in [5.41, 5.74) is 2.67. The Kier molecular flexibility index (Phi) is 2.98. The summed E-state index contributed by atoms with van der Waals surface area (Å²) in [6.45, 7) is 1.47. The van der Waals surface area contributed by atoms with Gasteiger partial charge in [-0.2, -0.15) is 0 Å². The molecule has 6 nitrogen and oxygen atoms in total. The molecule has 0 amide bonds. The fraction of sp³-hybridized carbons (Fsp3) is 0.0667. The van der Waals surface area contributed by atoms with Gasteiger partial charge in [0, 0.05) is 17.9 Å². The number of nitrogens with zero attached hydrogens (tertiary/aromatic N) is 2. The van der Waals surface area contributed by atoms with E-state index in [-0.39, 0.29) is 11.3 Å². The number of carbonyl (C=O) groups is 2. The van der Waals surface area contributed by atoms with Crippen LogP contribution < -0.4 is 0 Å². The maximum absolute atomic E-state index is 11.4. The van der Waals surface area contributed by atoms with E-state index in [0.717, 1.165) is 10.9 Å². The molecule has 104 valence electrons. The Morgan fingerprint density at radius 3 is 2.48 bits per heavy atom. The number of hydrogen-bond acceptors (Lipinski definition) is 4. The van der Waals surface area contributed by atoms with Crippen LogP contribution >= 0.6 is 0 Å². The van der Waals surface area contributed by atoms with Crippen molar-refractivity contribution in [3.8, 4) is 11.3 Å². The van der Waals surface area contributed by atoms with Gasteiger partial charge in [-0.25, -0.2) is 14.8 Å². The van der Waals surface area contributed by atoms with Crippen LogP contribution in [0.4, 0.5) is 0 Å². The van der Waals surface area contributed by atoms with Crippen molar-refractivity contribution in [2.75, 3.05) is 0 Å². The molecule has 0 fully saturated rings. The monoisotopic (exact) mass is 281 g/mol. The van der Waals surface area contributed by atoms with Gasteiger partial charge < -0.3 is 10.1 Å². The van der Waals surface area contributed by atoms with Gasteiger partial charge in [-0.3, -0.25) is 4.79 Å². The van der Waals surface area contributed by atoms with E-state index in [1.165, 1.54) is 25.4 Å². The van der Waals surface area contributed by atoms with Gasteiger partial charge in [0.2, 0.25) is 0 Å². The van der Waals surface area contributed by atoms with Crippen LogP contribution in [0.15, 0.2) is 36.7 Å². The molecule has 2 aromatic heterocycles. The predicted molar refractivity (Wildman–Crippen MR) is 76.3 cm³/mol. The summed E-state index contributed by atoms with van der Waals surface area (Å²) >= 11 is 0. The lowest BCUT2D eigenvalue weighted by Gasteiger charge is -2.02. The summed E-state index contributed by atoms with van der Waals surface area (Å²) in [5.74, 6) is -1.06. The zero-order valence-electron chi connectivity index (χ0n) is 11.1. The zero-order chi connectivity index (χ0) is 15.0. The van der Waals surface area contributed by atoms with E-state index in [2.05, 4.69) is 15.0 Å². The molecular formula is C15H11N3O3. The molecule has 3 rings (SSSR count). The number of ketones is 1. The molecule has 6 heteroatoms. The molecule has 0 saturated heterocycles. The summed E-state index contributed by atoms with van der Waals surface area (Å²) in [6, 6.07) is 8.11. The van der Waals surface area contributed by atoms with Gasteiger partial charge in [0.1, 0.15) is 12.0 Å². The van der Waals surface area contributed by atoms with Gasteiger partial charge in [0.05, 0.1) is 17.0 Å². The maximum Gasteiger partial charge on any atom is 0.335 e. The van der Waals surface area contributed by atoms with Gasteiger partial charge in [0.25, 0.3) is 0 Å². The third-order valence-corrected chi connectivity index (χ3v) is 3.21. The number of aromatic carboxylic acids is 1. The van der Waals surface area contributed by atoms with Crippen molar-refractivity contribution < 1.29 is 14.7 Å². The Morgan fingerprint density at radius 2 is 1.86 bits per heavy atom. The van der Waals surface area contributed by atoms with Gasteiger partial charge in [-0.15, -0.1) is 0 Å². The second-order valence-corrected chi connectivity index (χ2v) is 4.61. The lowest BCUT2D eigenvalue weighted by molar-refractivity contribution is 0.0696. The van der Waals surface area contributed by atoms with Gasteiger partial charge in [-0.1, -0.05) is 12.1 Å². The predicted octanol–water partition coefficient (Wildman–Crippen LogP) is 2.53. The van der Waals surface area contributed by atoms with Crippen LogP contribution in [0.2, 0.25) is 0 Å². The van der Waals surface area contributed by atoms with Crippen molar-refractivity contribution in [2.24, 2.45) is 0 Å². The Balaban J connectivity index is 2.15. The van der Waals surface area contributed by atoms with Crippen molar-refractivity contribution in [3.63, 3.8) is 0 Å². The van der Waals surface area contributed by atoms with E-state index < -0.39 is 5.97 Å². The second kappa shape index (κ2) is 4.82. The van der Waals surface area contributed by atoms with Crippen molar-refractivity contribution in [1.82, 2.24) is 15.0 Å². The second-order valence-electron chi connectivity index (χ2n) is 4.61. The average Bonchev–Trinajstić information content (AvgIpc) is 2.91. The zero-order valence-corrected chi connectivity index (χ0v) is 11.1. The number of carboxylic acids is 1. The third-order valence-electron chi connectivity index (χ3n) is 3.21. The first kappa shape index (κ1) is 13.0. The number of aromatic amines is 1. The minimum absolute atomic E-state index is 0.0832. The number of nitrogens with one attached hydrogen (secondary N) is 1. The molecule has 0 bridgehead atoms. The largest absolute Gasteiger partial charge is 0.478 e. The Morgan fingerprint density at radius 1 is 1.14 bits per heavy atom. The first-order valence-electron chi connectivity index (χ1n) is 6.24. The average molecular weight is 281 g/mol. The number of carboxylic acid groups (broad SMARTS) is 1. The van der Waals surface area contributed by atoms with Gasteiger partial charge in [0.15, 0.2) is 5.78 Å². The SMILES string of the molecule is CC(=O)c1cc2c(-c3ccc(C(=O)O)cc3)ncnc2[nH]1. The van der Waals surface area contributed by atoms with E-state index in [9.17, 15) is 9.59 Å². The number of carbonyl (C=O) groups excluding carboxylic acids is 1. The van der Waals surface area contributed by atoms with Crippen LogP contribution in [-0.4, -0.2) is 31.8 Å². The highest BCUT2D eigenvalue weighted by atomic mass is 16.4. The number of hydrogen-bond donors (Lipinski definition) is 2.